The number of hydrogen-bond donors (Lipinski definition) is 2. The highest BCUT2D eigenvalue weighted by atomic mass is 35.5. The number of alkyl halides is 3. The van der Waals surface area contributed by atoms with Gasteiger partial charge in [-0.15, -0.1) is 13.2 Å². The average molecular weight is 558 g/mol. The molecule has 1 aliphatic heterocycles. The second-order valence-electron chi connectivity index (χ2n) is 7.79. The Morgan fingerprint density at radius 1 is 1.08 bits per heavy atom. The molecule has 0 saturated carbocycles. The number of halogens is 5. The molecule has 0 aliphatic carbocycles. The fraction of sp³-hybridized carbons (Fsp3) is 0.261. The van der Waals surface area contributed by atoms with Crippen molar-refractivity contribution in [2.75, 3.05) is 23.3 Å². The first-order valence-electron chi connectivity index (χ1n) is 10.8. The SMILES string of the molecule is FC(F)(F)Oc1cc(Oc2ccnc(N3CCC(NC(=S)Nc4cccnc4)CC3)c2Cl)ccc1Cl. The molecule has 3 aromatic rings. The van der Waals surface area contributed by atoms with Crippen LogP contribution in [0, 0.1) is 0 Å². The third kappa shape index (κ3) is 7.02. The molecule has 36 heavy (non-hydrogen) atoms. The van der Waals surface area contributed by atoms with Gasteiger partial charge in [0.1, 0.15) is 10.8 Å². The lowest BCUT2D eigenvalue weighted by Crippen LogP contribution is -2.46. The van der Waals surface area contributed by atoms with Crippen LogP contribution in [-0.2, 0) is 0 Å². The predicted octanol–water partition coefficient (Wildman–Crippen LogP) is 6.43. The van der Waals surface area contributed by atoms with Crippen molar-refractivity contribution in [1.29, 1.82) is 0 Å². The van der Waals surface area contributed by atoms with Crippen molar-refractivity contribution in [3.05, 3.63) is 65.0 Å². The molecule has 7 nitrogen and oxygen atoms in total. The summed E-state index contributed by atoms with van der Waals surface area (Å²) in [5.41, 5.74) is 0.804. The Kier molecular flexibility index (Phi) is 8.22. The second kappa shape index (κ2) is 11.4. The highest BCUT2D eigenvalue weighted by Gasteiger charge is 2.32. The number of aromatic nitrogens is 2. The topological polar surface area (TPSA) is 71.5 Å². The van der Waals surface area contributed by atoms with Gasteiger partial charge in [0.2, 0.25) is 0 Å². The molecule has 0 bridgehead atoms. The van der Waals surface area contributed by atoms with E-state index in [1.54, 1.807) is 12.4 Å². The minimum absolute atomic E-state index is 0.0789. The monoisotopic (exact) mass is 557 g/mol. The molecule has 1 aromatic carbocycles. The fourth-order valence-electron chi connectivity index (χ4n) is 3.62. The zero-order chi connectivity index (χ0) is 25.7. The van der Waals surface area contributed by atoms with Gasteiger partial charge in [-0.05, 0) is 49.3 Å². The summed E-state index contributed by atoms with van der Waals surface area (Å²) in [6.07, 6.45) is 1.58. The number of hydrogen-bond acceptors (Lipinski definition) is 6. The van der Waals surface area contributed by atoms with Crippen LogP contribution in [0.2, 0.25) is 10.0 Å². The summed E-state index contributed by atoms with van der Waals surface area (Å²) in [5, 5.41) is 6.97. The molecule has 2 aromatic heterocycles. The van der Waals surface area contributed by atoms with Crippen molar-refractivity contribution < 1.29 is 22.6 Å². The Hall–Kier alpha value is -3.02. The highest BCUT2D eigenvalue weighted by Crippen LogP contribution is 2.39. The maximum Gasteiger partial charge on any atom is 0.573 e. The van der Waals surface area contributed by atoms with Gasteiger partial charge in [-0.2, -0.15) is 0 Å². The van der Waals surface area contributed by atoms with Gasteiger partial charge in [0.25, 0.3) is 0 Å². The van der Waals surface area contributed by atoms with E-state index in [9.17, 15) is 13.2 Å². The molecule has 0 spiro atoms. The van der Waals surface area contributed by atoms with Crippen LogP contribution in [0.4, 0.5) is 24.7 Å². The van der Waals surface area contributed by atoms with Crippen LogP contribution in [0.1, 0.15) is 12.8 Å². The first-order valence-corrected chi connectivity index (χ1v) is 11.9. The molecule has 190 valence electrons. The Bertz CT molecular complexity index is 1210. The summed E-state index contributed by atoms with van der Waals surface area (Å²) in [6, 6.07) is 9.10. The molecule has 4 rings (SSSR count). The van der Waals surface area contributed by atoms with E-state index in [1.165, 1.54) is 24.4 Å². The van der Waals surface area contributed by atoms with Gasteiger partial charge in [0.15, 0.2) is 22.4 Å². The van der Waals surface area contributed by atoms with Crippen LogP contribution in [0.25, 0.3) is 0 Å². The molecule has 0 atom stereocenters. The number of piperidine rings is 1. The smallest absolute Gasteiger partial charge is 0.455 e. The quantitative estimate of drug-likeness (QED) is 0.336. The van der Waals surface area contributed by atoms with Gasteiger partial charge in [0.05, 0.1) is 16.9 Å². The third-order valence-electron chi connectivity index (χ3n) is 5.24. The molecule has 1 saturated heterocycles. The van der Waals surface area contributed by atoms with Crippen LogP contribution in [0.15, 0.2) is 55.0 Å². The molecule has 1 aliphatic rings. The summed E-state index contributed by atoms with van der Waals surface area (Å²) in [7, 11) is 0. The van der Waals surface area contributed by atoms with Crippen molar-refractivity contribution in [3.63, 3.8) is 0 Å². The zero-order valence-electron chi connectivity index (χ0n) is 18.6. The second-order valence-corrected chi connectivity index (χ2v) is 8.98. The summed E-state index contributed by atoms with van der Waals surface area (Å²) < 4.78 is 47.5. The van der Waals surface area contributed by atoms with Crippen LogP contribution in [0.3, 0.4) is 0 Å². The maximum absolute atomic E-state index is 12.6. The average Bonchev–Trinajstić information content (AvgIpc) is 2.83. The van der Waals surface area contributed by atoms with E-state index in [4.69, 9.17) is 40.2 Å². The van der Waals surface area contributed by atoms with Crippen molar-refractivity contribution in [2.45, 2.75) is 25.2 Å². The third-order valence-corrected chi connectivity index (χ3v) is 6.13. The van der Waals surface area contributed by atoms with E-state index in [1.807, 2.05) is 17.0 Å². The Balaban J connectivity index is 1.37. The number of rotatable bonds is 6. The fourth-order valence-corrected chi connectivity index (χ4v) is 4.33. The van der Waals surface area contributed by atoms with Gasteiger partial charge in [0, 0.05) is 43.7 Å². The molecule has 0 amide bonds. The van der Waals surface area contributed by atoms with Crippen LogP contribution >= 0.6 is 35.4 Å². The summed E-state index contributed by atoms with van der Waals surface area (Å²) in [5.74, 6) is 0.265. The number of nitrogens with zero attached hydrogens (tertiary/aromatic N) is 3. The van der Waals surface area contributed by atoms with Crippen LogP contribution in [0.5, 0.6) is 17.2 Å². The first-order chi connectivity index (χ1) is 17.2. The predicted molar refractivity (Wildman–Crippen MR) is 136 cm³/mol. The molecule has 1 fully saturated rings. The van der Waals surface area contributed by atoms with Gasteiger partial charge in [-0.3, -0.25) is 4.98 Å². The van der Waals surface area contributed by atoms with Crippen molar-refractivity contribution in [3.8, 4) is 17.2 Å². The standard InChI is InChI=1S/C23H20Cl2F3N5O2S/c24-17-4-3-16(12-19(17)35-23(26,27)28)34-18-5-9-30-21(20(18)25)33-10-6-14(7-11-33)31-22(36)32-15-2-1-8-29-13-15/h1-5,8-9,12-14H,6-7,10-11H2,(H2,31,32,36). The summed E-state index contributed by atoms with van der Waals surface area (Å²) in [6.45, 7) is 1.32. The first kappa shape index (κ1) is 26.1. The van der Waals surface area contributed by atoms with Crippen LogP contribution < -0.4 is 25.0 Å². The van der Waals surface area contributed by atoms with Crippen molar-refractivity contribution in [2.24, 2.45) is 0 Å². The van der Waals surface area contributed by atoms with E-state index >= 15 is 0 Å². The van der Waals surface area contributed by atoms with E-state index < -0.39 is 12.1 Å². The molecule has 0 radical (unpaired) electrons. The number of pyridine rings is 2. The molecule has 0 unspecified atom stereocenters. The van der Waals surface area contributed by atoms with E-state index in [2.05, 4.69) is 25.3 Å². The lowest BCUT2D eigenvalue weighted by Gasteiger charge is -2.34. The van der Waals surface area contributed by atoms with Crippen molar-refractivity contribution >= 4 is 52.0 Å². The molecule has 13 heteroatoms. The lowest BCUT2D eigenvalue weighted by atomic mass is 10.1. The van der Waals surface area contributed by atoms with Gasteiger partial charge < -0.3 is 25.0 Å². The molecule has 3 heterocycles. The normalized spacial score (nSPS) is 14.3. The summed E-state index contributed by atoms with van der Waals surface area (Å²) in [4.78, 5) is 10.4. The largest absolute Gasteiger partial charge is 0.573 e. The molecule has 2 N–H and O–H groups in total. The molecular weight excluding hydrogens is 538 g/mol. The Morgan fingerprint density at radius 2 is 1.86 bits per heavy atom. The zero-order valence-corrected chi connectivity index (χ0v) is 20.9. The minimum atomic E-state index is -4.89. The van der Waals surface area contributed by atoms with E-state index in [0.717, 1.165) is 24.6 Å². The Morgan fingerprint density at radius 3 is 2.56 bits per heavy atom. The number of benzene rings is 1. The van der Waals surface area contributed by atoms with E-state index in [-0.39, 0.29) is 27.6 Å². The van der Waals surface area contributed by atoms with Crippen molar-refractivity contribution in [1.82, 2.24) is 15.3 Å². The van der Waals surface area contributed by atoms with E-state index in [0.29, 0.717) is 24.0 Å². The number of nitrogens with one attached hydrogen (secondary N) is 2. The minimum Gasteiger partial charge on any atom is -0.455 e. The number of anilines is 2. The lowest BCUT2D eigenvalue weighted by molar-refractivity contribution is -0.274. The van der Waals surface area contributed by atoms with Crippen LogP contribution in [-0.4, -0.2) is 40.6 Å². The number of ether oxygens (including phenoxy) is 2. The maximum atomic E-state index is 12.6. The van der Waals surface area contributed by atoms with Gasteiger partial charge >= 0.3 is 6.36 Å². The molecular formula is C23H20Cl2F3N5O2S. The number of thiocarbonyl (C=S) groups is 1. The highest BCUT2D eigenvalue weighted by molar-refractivity contribution is 7.80. The Labute approximate surface area is 220 Å². The summed E-state index contributed by atoms with van der Waals surface area (Å²) >= 11 is 17.8. The van der Waals surface area contributed by atoms with Gasteiger partial charge in [-0.25, -0.2) is 4.98 Å². The van der Waals surface area contributed by atoms with Gasteiger partial charge in [-0.1, -0.05) is 23.2 Å².